The van der Waals surface area contributed by atoms with E-state index in [9.17, 15) is 0 Å². The number of nitrogens with zero attached hydrogens (tertiary/aromatic N) is 4. The van der Waals surface area contributed by atoms with Crippen LogP contribution in [-0.2, 0) is 77.3 Å². The number of rotatable bonds is 10. The van der Waals surface area contributed by atoms with Gasteiger partial charge in [-0.1, -0.05) is 197 Å². The van der Waals surface area contributed by atoms with Crippen LogP contribution in [-0.4, -0.2) is 52.3 Å². The van der Waals surface area contributed by atoms with E-state index in [1.54, 1.807) is 0 Å². The minimum absolute atomic E-state index is 0. The van der Waals surface area contributed by atoms with Crippen LogP contribution in [0.2, 0.25) is 21.3 Å². The Hall–Kier alpha value is -5.33. The van der Waals surface area contributed by atoms with E-state index in [0.717, 1.165) is 83.6 Å². The fourth-order valence-corrected chi connectivity index (χ4v) is 11.1. The first-order chi connectivity index (χ1) is 39.9. The fourth-order valence-electron chi connectivity index (χ4n) is 11.1. The summed E-state index contributed by atoms with van der Waals surface area (Å²) in [6, 6.07) is 52.6. The molecule has 2 saturated heterocycles. The van der Waals surface area contributed by atoms with Gasteiger partial charge in [0.2, 0.25) is 0 Å². The molecule has 5 heterocycles. The zero-order valence-electron chi connectivity index (χ0n) is 53.6. The third kappa shape index (κ3) is 13.2. The average molecular weight is 1330 g/mol. The van der Waals surface area contributed by atoms with Crippen molar-refractivity contribution in [2.24, 2.45) is 0 Å². The maximum atomic E-state index is 7.07. The van der Waals surface area contributed by atoms with E-state index in [2.05, 4.69) is 285 Å². The van der Waals surface area contributed by atoms with Crippen LogP contribution >= 0.6 is 0 Å². The van der Waals surface area contributed by atoms with E-state index < -0.39 is 42.7 Å². The third-order valence-corrected chi connectivity index (χ3v) is 16.0. The molecule has 18 heteroatoms. The second kappa shape index (κ2) is 23.9. The first-order valence-corrected chi connectivity index (χ1v) is 30.1. The van der Waals surface area contributed by atoms with Crippen molar-refractivity contribution in [3.63, 3.8) is 0 Å². The monoisotopic (exact) mass is 1330 g/mol. The molecule has 0 N–H and O–H groups in total. The molecule has 0 radical (unpaired) electrons. The summed E-state index contributed by atoms with van der Waals surface area (Å²) in [6.45, 7) is 41.9. The maximum absolute atomic E-state index is 7.07. The van der Waals surface area contributed by atoms with Crippen molar-refractivity contribution in [1.82, 2.24) is 9.55 Å². The molecule has 2 fully saturated rings. The smallest absolute Gasteiger partial charge is 0.468 e. The summed E-state index contributed by atoms with van der Waals surface area (Å²) in [4.78, 5) is 9.39. The van der Waals surface area contributed by atoms with Crippen LogP contribution in [0, 0.1) is 18.8 Å². The van der Waals surface area contributed by atoms with Crippen LogP contribution in [0.1, 0.15) is 147 Å². The Kier molecular flexibility index (Phi) is 17.7. The van der Waals surface area contributed by atoms with Gasteiger partial charge in [0.1, 0.15) is 5.82 Å². The van der Waals surface area contributed by atoms with Crippen LogP contribution in [0.4, 0.5) is 22.7 Å². The van der Waals surface area contributed by atoms with Crippen LogP contribution in [0.5, 0.6) is 0 Å². The molecule has 6 aromatic carbocycles. The molecule has 2 aromatic heterocycles. The molecule has 0 saturated carbocycles. The number of hydrogen-bond acceptors (Lipinski definition) is 10. The summed E-state index contributed by atoms with van der Waals surface area (Å²) in [5.41, 5.74) is 13.4. The molecule has 0 spiro atoms. The first-order valence-electron chi connectivity index (χ1n) is 30.1. The molecule has 0 aliphatic carbocycles. The molecule has 86 heavy (non-hydrogen) atoms. The molecular formula is C68H81B6N4O7Pt-3. The van der Waals surface area contributed by atoms with Gasteiger partial charge in [-0.3, -0.25) is 0 Å². The van der Waals surface area contributed by atoms with Gasteiger partial charge in [-0.25, -0.2) is 4.98 Å². The van der Waals surface area contributed by atoms with Crippen molar-refractivity contribution in [3.05, 3.63) is 175 Å². The number of ether oxygens (including phenoxy) is 1. The quantitative estimate of drug-likeness (QED) is 0.0974. The Bertz CT molecular complexity index is 3640. The van der Waals surface area contributed by atoms with E-state index in [1.807, 2.05) is 6.20 Å². The number of aromatic nitrogens is 2. The van der Waals surface area contributed by atoms with E-state index in [4.69, 9.17) is 37.2 Å². The predicted octanol–water partition coefficient (Wildman–Crippen LogP) is 15.8. The normalized spacial score (nSPS) is 15.8. The SMILES string of the molecule is CC(C)(C)B1OB(c2cc(C(C)(C)C)cc(B3OB(C(C)(C)C)OB(C(C)(C)C)O3)c2N2[CH-]N(c3[c-]c(COCc4[c-]c5c(cc4)c4cc(-c6ccccc6)ccc4n5-c4cc(C(C)(C)C)ccn4)ccc3)c3ccccc32)OB(C(C)(C)C)O1.[Pt]. The summed E-state index contributed by atoms with van der Waals surface area (Å²) in [5.74, 6) is 0.857. The minimum atomic E-state index is -0.846. The van der Waals surface area contributed by atoms with Gasteiger partial charge in [0.15, 0.2) is 0 Å². The van der Waals surface area contributed by atoms with Crippen molar-refractivity contribution in [3.8, 4) is 16.9 Å². The summed E-state index contributed by atoms with van der Waals surface area (Å²) in [5, 5.41) is 0.726. The van der Waals surface area contributed by atoms with Gasteiger partial charge in [-0.05, 0) is 90.1 Å². The summed E-state index contributed by atoms with van der Waals surface area (Å²) in [7, 11) is -4.04. The molecule has 0 amide bonds. The van der Waals surface area contributed by atoms with Gasteiger partial charge >= 0.3 is 42.7 Å². The Morgan fingerprint density at radius 3 is 1.53 bits per heavy atom. The zero-order chi connectivity index (χ0) is 60.8. The Labute approximate surface area is 529 Å². The average Bonchev–Trinajstić information content (AvgIpc) is 1.46. The van der Waals surface area contributed by atoms with Crippen LogP contribution in [0.15, 0.2) is 134 Å². The zero-order valence-corrected chi connectivity index (χ0v) is 55.9. The molecule has 3 aliphatic heterocycles. The molecule has 0 atom stereocenters. The summed E-state index contributed by atoms with van der Waals surface area (Å²) >= 11 is 0. The van der Waals surface area contributed by atoms with E-state index >= 15 is 0 Å². The number of anilines is 4. The number of fused-ring (bicyclic) bond motifs is 4. The van der Waals surface area contributed by atoms with Crippen molar-refractivity contribution < 1.29 is 53.2 Å². The summed E-state index contributed by atoms with van der Waals surface area (Å²) < 4.78 is 50.6. The van der Waals surface area contributed by atoms with E-state index in [0.29, 0.717) is 13.2 Å². The molecule has 446 valence electrons. The number of pyridine rings is 1. The molecule has 3 aliphatic rings. The number of benzene rings is 6. The van der Waals surface area contributed by atoms with Gasteiger partial charge < -0.3 is 46.5 Å². The number of hydrogen-bond donors (Lipinski definition) is 0. The van der Waals surface area contributed by atoms with Gasteiger partial charge in [0, 0.05) is 74.0 Å². The van der Waals surface area contributed by atoms with E-state index in [-0.39, 0.29) is 53.2 Å². The fraction of sp³-hybridized carbons (Fsp3) is 0.382. The summed E-state index contributed by atoms with van der Waals surface area (Å²) in [6.07, 6.45) is 1.92. The van der Waals surface area contributed by atoms with Gasteiger partial charge in [0.05, 0.1) is 0 Å². The molecule has 8 aromatic rings. The standard InChI is InChI=1S/C68H81B6N4O7.Pt/c1-63(2,3)50-35-36-75-61(42-50)78-57-34-32-49(48-26-20-19-21-27-48)39-54(57)53-33-31-47(38-60(53)78)44-79-43-46-25-24-28-52(37-46)76-45-77(59-30-23-22-29-58(59)76)62-55(69-80-71(65(7,8)9)84-72(81-69)66(10,11)12)40-51(64(4,5)6)41-56(62)70-82-73(67(13,14)15)85-74(83-70)68(16,17)18;/h19-36,39-42,45H,43-44H2,1-18H3;/q-3;. The molecular weight excluding hydrogens is 1240 g/mol. The maximum Gasteiger partial charge on any atom is 0.468 e. The topological polar surface area (TPSA) is 88.9 Å². The Balaban J connectivity index is 0.00000820. The largest absolute Gasteiger partial charge is 0.493 e. The second-order valence-electron chi connectivity index (χ2n) is 29.8. The molecule has 11 rings (SSSR count). The van der Waals surface area contributed by atoms with Gasteiger partial charge in [-0.2, -0.15) is 42.5 Å². The van der Waals surface area contributed by atoms with Crippen LogP contribution in [0.3, 0.4) is 0 Å². The van der Waals surface area contributed by atoms with Gasteiger partial charge in [0.25, 0.3) is 0 Å². The first kappa shape index (κ1) is 63.7. The Morgan fingerprint density at radius 1 is 0.477 bits per heavy atom. The van der Waals surface area contributed by atoms with Crippen LogP contribution < -0.4 is 20.7 Å². The third-order valence-electron chi connectivity index (χ3n) is 16.0. The second-order valence-corrected chi connectivity index (χ2v) is 29.8. The van der Waals surface area contributed by atoms with Crippen molar-refractivity contribution in [2.45, 2.75) is 170 Å². The van der Waals surface area contributed by atoms with Crippen molar-refractivity contribution >= 4 is 98.2 Å². The molecule has 0 unspecified atom stereocenters. The molecule has 0 bridgehead atoms. The van der Waals surface area contributed by atoms with Gasteiger partial charge in [-0.15, -0.1) is 28.9 Å². The number of para-hydroxylation sites is 2. The predicted molar refractivity (Wildman–Crippen MR) is 355 cm³/mol. The van der Waals surface area contributed by atoms with E-state index in [1.165, 1.54) is 11.1 Å². The molecule has 11 nitrogen and oxygen atoms in total. The minimum Gasteiger partial charge on any atom is -0.493 e. The van der Waals surface area contributed by atoms with Crippen molar-refractivity contribution in [2.75, 3.05) is 9.80 Å². The van der Waals surface area contributed by atoms with Crippen LogP contribution in [0.25, 0.3) is 38.8 Å². The van der Waals surface area contributed by atoms with Crippen molar-refractivity contribution in [1.29, 1.82) is 0 Å². The Morgan fingerprint density at radius 2 is 1.00 bits per heavy atom.